The molecule has 4 aromatic rings. The van der Waals surface area contributed by atoms with Crippen LogP contribution in [-0.4, -0.2) is 41.5 Å². The molecule has 0 saturated carbocycles. The number of nitrogens with zero attached hydrogens (tertiary/aromatic N) is 2. The summed E-state index contributed by atoms with van der Waals surface area (Å²) in [6.45, 7) is 5.45. The topological polar surface area (TPSA) is 90.5 Å². The zero-order valence-corrected chi connectivity index (χ0v) is 18.6. The van der Waals surface area contributed by atoms with Gasteiger partial charge in [-0.25, -0.2) is 4.98 Å². The van der Waals surface area contributed by atoms with Crippen LogP contribution in [0.4, 0.5) is 5.82 Å². The molecule has 0 fully saturated rings. The van der Waals surface area contributed by atoms with Crippen LogP contribution in [0.2, 0.25) is 0 Å². The van der Waals surface area contributed by atoms with Crippen molar-refractivity contribution in [3.05, 3.63) is 70.9 Å². The van der Waals surface area contributed by atoms with Crippen LogP contribution < -0.4 is 10.5 Å². The fourth-order valence-electron chi connectivity index (χ4n) is 4.03. The van der Waals surface area contributed by atoms with Crippen molar-refractivity contribution >= 4 is 27.6 Å². The third-order valence-corrected chi connectivity index (χ3v) is 5.65. The van der Waals surface area contributed by atoms with Gasteiger partial charge in [0.05, 0.1) is 25.3 Å². The van der Waals surface area contributed by atoms with E-state index in [9.17, 15) is 0 Å². The Labute approximate surface area is 188 Å². The van der Waals surface area contributed by atoms with Crippen LogP contribution in [0.3, 0.4) is 0 Å². The van der Waals surface area contributed by atoms with Gasteiger partial charge in [0.2, 0.25) is 0 Å². The van der Waals surface area contributed by atoms with Crippen LogP contribution in [0.1, 0.15) is 22.3 Å². The van der Waals surface area contributed by atoms with Gasteiger partial charge >= 0.3 is 0 Å². The van der Waals surface area contributed by atoms with E-state index in [-0.39, 0.29) is 6.61 Å². The Hall–Kier alpha value is -3.22. The standard InChI is InChI=1S/C26H29N3O3/c1-17-3-8-22-23(15-17)29-26(27)25-24(22)20(9-10-28-25)5-4-19-6-7-21(16-18(19)2)32-14-13-31-12-11-30/h3,6-10,15-16,30H,4-5,11-14H2,1-2H3,(H2,27,29). The highest BCUT2D eigenvalue weighted by Crippen LogP contribution is 2.30. The lowest BCUT2D eigenvalue weighted by molar-refractivity contribution is 0.0705. The second-order valence-electron chi connectivity index (χ2n) is 7.98. The number of hydrogen-bond acceptors (Lipinski definition) is 6. The minimum Gasteiger partial charge on any atom is -0.491 e. The number of benzene rings is 2. The third-order valence-electron chi connectivity index (χ3n) is 5.65. The Kier molecular flexibility index (Phi) is 6.83. The van der Waals surface area contributed by atoms with Gasteiger partial charge in [0.15, 0.2) is 5.82 Å². The van der Waals surface area contributed by atoms with Gasteiger partial charge in [0, 0.05) is 17.0 Å². The summed E-state index contributed by atoms with van der Waals surface area (Å²) in [6, 6.07) is 14.6. The van der Waals surface area contributed by atoms with Crippen molar-refractivity contribution in [3.8, 4) is 5.75 Å². The van der Waals surface area contributed by atoms with Crippen LogP contribution in [-0.2, 0) is 17.6 Å². The van der Waals surface area contributed by atoms with Gasteiger partial charge in [-0.3, -0.25) is 4.98 Å². The first kappa shape index (κ1) is 22.0. The predicted octanol–water partition coefficient (Wildman–Crippen LogP) is 4.15. The molecule has 2 aromatic carbocycles. The van der Waals surface area contributed by atoms with E-state index in [2.05, 4.69) is 60.2 Å². The number of aryl methyl sites for hydroxylation is 4. The van der Waals surface area contributed by atoms with Crippen molar-refractivity contribution in [2.75, 3.05) is 32.2 Å². The average Bonchev–Trinajstić information content (AvgIpc) is 2.78. The van der Waals surface area contributed by atoms with Gasteiger partial charge < -0.3 is 20.3 Å². The van der Waals surface area contributed by atoms with Gasteiger partial charge in [0.1, 0.15) is 17.9 Å². The van der Waals surface area contributed by atoms with E-state index in [1.807, 2.05) is 12.3 Å². The Morgan fingerprint density at radius 2 is 1.78 bits per heavy atom. The predicted molar refractivity (Wildman–Crippen MR) is 128 cm³/mol. The van der Waals surface area contributed by atoms with Gasteiger partial charge in [-0.15, -0.1) is 0 Å². The summed E-state index contributed by atoms with van der Waals surface area (Å²) in [5.41, 5.74) is 12.8. The Balaban J connectivity index is 1.54. The van der Waals surface area contributed by atoms with Crippen LogP contribution >= 0.6 is 0 Å². The highest BCUT2D eigenvalue weighted by Gasteiger charge is 2.12. The molecular weight excluding hydrogens is 402 g/mol. The highest BCUT2D eigenvalue weighted by atomic mass is 16.5. The van der Waals surface area contributed by atoms with Gasteiger partial charge in [-0.1, -0.05) is 18.2 Å². The van der Waals surface area contributed by atoms with Gasteiger partial charge in [0.25, 0.3) is 0 Å². The van der Waals surface area contributed by atoms with Crippen molar-refractivity contribution in [2.24, 2.45) is 0 Å². The summed E-state index contributed by atoms with van der Waals surface area (Å²) < 4.78 is 11.0. The van der Waals surface area contributed by atoms with Crippen molar-refractivity contribution in [3.63, 3.8) is 0 Å². The number of pyridine rings is 2. The van der Waals surface area contributed by atoms with E-state index < -0.39 is 0 Å². The van der Waals surface area contributed by atoms with Crippen molar-refractivity contribution in [1.29, 1.82) is 0 Å². The Bertz CT molecular complexity index is 1240. The molecule has 0 unspecified atom stereocenters. The van der Waals surface area contributed by atoms with E-state index in [0.29, 0.717) is 25.6 Å². The fraction of sp³-hybridized carbons (Fsp3) is 0.308. The number of aliphatic hydroxyl groups excluding tert-OH is 1. The molecule has 0 bridgehead atoms. The quantitative estimate of drug-likeness (QED) is 0.306. The first-order valence-corrected chi connectivity index (χ1v) is 10.9. The van der Waals surface area contributed by atoms with Crippen LogP contribution in [0, 0.1) is 13.8 Å². The van der Waals surface area contributed by atoms with E-state index >= 15 is 0 Å². The molecule has 0 amide bonds. The number of hydrogen-bond donors (Lipinski definition) is 2. The Morgan fingerprint density at radius 1 is 0.938 bits per heavy atom. The van der Waals surface area contributed by atoms with E-state index in [4.69, 9.17) is 20.3 Å². The second kappa shape index (κ2) is 9.94. The number of aromatic nitrogens is 2. The molecule has 6 nitrogen and oxygen atoms in total. The molecule has 2 aromatic heterocycles. The summed E-state index contributed by atoms with van der Waals surface area (Å²) in [5, 5.41) is 10.9. The summed E-state index contributed by atoms with van der Waals surface area (Å²) in [4.78, 5) is 9.09. The molecule has 0 spiro atoms. The SMILES string of the molecule is Cc1ccc2c(c1)nc(N)c1nccc(CCc3ccc(OCCOCCO)cc3C)c12. The lowest BCUT2D eigenvalue weighted by atomic mass is 9.96. The maximum absolute atomic E-state index is 8.74. The number of rotatable bonds is 9. The lowest BCUT2D eigenvalue weighted by Gasteiger charge is -2.13. The average molecular weight is 432 g/mol. The van der Waals surface area contributed by atoms with Crippen molar-refractivity contribution in [1.82, 2.24) is 9.97 Å². The van der Waals surface area contributed by atoms with Crippen LogP contribution in [0.25, 0.3) is 21.8 Å². The third kappa shape index (κ3) is 4.82. The zero-order chi connectivity index (χ0) is 22.5. The van der Waals surface area contributed by atoms with Crippen molar-refractivity contribution < 1.29 is 14.6 Å². The fourth-order valence-corrected chi connectivity index (χ4v) is 4.03. The summed E-state index contributed by atoms with van der Waals surface area (Å²) in [5.74, 6) is 1.30. The number of nitrogens with two attached hydrogens (primary N) is 1. The lowest BCUT2D eigenvalue weighted by Crippen LogP contribution is -2.09. The molecule has 0 radical (unpaired) electrons. The number of anilines is 1. The largest absolute Gasteiger partial charge is 0.491 e. The molecule has 0 saturated heterocycles. The molecule has 2 heterocycles. The number of fused-ring (bicyclic) bond motifs is 3. The van der Waals surface area contributed by atoms with Crippen LogP contribution in [0.15, 0.2) is 48.7 Å². The molecule has 0 atom stereocenters. The van der Waals surface area contributed by atoms with Gasteiger partial charge in [-0.05, 0) is 73.2 Å². The summed E-state index contributed by atoms with van der Waals surface area (Å²) >= 11 is 0. The summed E-state index contributed by atoms with van der Waals surface area (Å²) in [6.07, 6.45) is 3.60. The first-order valence-electron chi connectivity index (χ1n) is 10.9. The van der Waals surface area contributed by atoms with Crippen molar-refractivity contribution in [2.45, 2.75) is 26.7 Å². The van der Waals surface area contributed by atoms with E-state index in [0.717, 1.165) is 46.0 Å². The second-order valence-corrected chi connectivity index (χ2v) is 7.98. The van der Waals surface area contributed by atoms with Crippen LogP contribution in [0.5, 0.6) is 5.75 Å². The normalized spacial score (nSPS) is 11.3. The number of aliphatic hydroxyl groups is 1. The molecule has 3 N–H and O–H groups in total. The molecule has 4 rings (SSSR count). The minimum absolute atomic E-state index is 0.0269. The molecule has 0 aliphatic rings. The zero-order valence-electron chi connectivity index (χ0n) is 18.6. The smallest absolute Gasteiger partial charge is 0.150 e. The highest BCUT2D eigenvalue weighted by molar-refractivity contribution is 6.09. The first-order chi connectivity index (χ1) is 15.6. The summed E-state index contributed by atoms with van der Waals surface area (Å²) in [7, 11) is 0. The molecular formula is C26H29N3O3. The molecule has 0 aliphatic carbocycles. The van der Waals surface area contributed by atoms with E-state index in [1.165, 1.54) is 16.7 Å². The Morgan fingerprint density at radius 3 is 2.59 bits per heavy atom. The van der Waals surface area contributed by atoms with E-state index in [1.54, 1.807) is 0 Å². The number of ether oxygens (including phenoxy) is 2. The molecule has 6 heteroatoms. The van der Waals surface area contributed by atoms with Gasteiger partial charge in [-0.2, -0.15) is 0 Å². The molecule has 32 heavy (non-hydrogen) atoms. The maximum Gasteiger partial charge on any atom is 0.150 e. The monoisotopic (exact) mass is 431 g/mol. The maximum atomic E-state index is 8.74. The minimum atomic E-state index is 0.0269. The molecule has 0 aliphatic heterocycles. The molecule has 166 valence electrons. The number of nitrogen functional groups attached to an aromatic ring is 1.